The Morgan fingerprint density at radius 1 is 1.00 bits per heavy atom. The molecule has 0 saturated carbocycles. The molecule has 0 atom stereocenters. The van der Waals surface area contributed by atoms with Gasteiger partial charge in [-0.05, 0) is 6.42 Å². The number of benzene rings is 1. The summed E-state index contributed by atoms with van der Waals surface area (Å²) in [6.45, 7) is 2.17. The lowest BCUT2D eigenvalue weighted by molar-refractivity contribution is 0.0687. The largest absolute Gasteiger partial charge is 0.503 e. The van der Waals surface area contributed by atoms with E-state index in [9.17, 15) is 15.0 Å². The fraction of sp³-hybridized carbons (Fsp3) is 0.462. The fourth-order valence-electron chi connectivity index (χ4n) is 1.75. The number of aromatic carboxylic acids is 1. The van der Waals surface area contributed by atoms with Crippen LogP contribution in [0.2, 0.25) is 0 Å². The molecule has 0 heterocycles. The Morgan fingerprint density at radius 2 is 1.50 bits per heavy atom. The maximum Gasteiger partial charge on any atom is 0.343 e. The van der Waals surface area contributed by atoms with Crippen LogP contribution in [0.3, 0.4) is 0 Å². The zero-order valence-electron chi connectivity index (χ0n) is 11.8. The summed E-state index contributed by atoms with van der Waals surface area (Å²) in [6.07, 6.45) is 0.680. The average molecular weight is 286 g/mol. The number of aromatic hydroxyl groups is 1. The van der Waals surface area contributed by atoms with Crippen molar-refractivity contribution >= 4 is 5.97 Å². The summed E-state index contributed by atoms with van der Waals surface area (Å²) in [5, 5.41) is 19.3. The van der Waals surface area contributed by atoms with E-state index in [2.05, 4.69) is 0 Å². The van der Waals surface area contributed by atoms with E-state index in [0.29, 0.717) is 13.0 Å². The monoisotopic (exact) mass is 286 g/mol. The van der Waals surface area contributed by atoms with E-state index in [-0.39, 0.29) is 23.0 Å². The number of carboxylic acids is 1. The highest BCUT2D eigenvalue weighted by molar-refractivity contribution is 5.97. The van der Waals surface area contributed by atoms with Crippen LogP contribution in [-0.4, -0.2) is 44.1 Å². The normalized spacial score (nSPS) is 10.0. The Morgan fingerprint density at radius 3 is 1.90 bits per heavy atom. The van der Waals surface area contributed by atoms with Crippen molar-refractivity contribution in [2.24, 2.45) is 0 Å². The molecule has 1 aromatic rings. The molecule has 1 aromatic carbocycles. The molecule has 0 radical (unpaired) electrons. The molecule has 0 unspecified atom stereocenters. The molecule has 0 fully saturated rings. The number of carboxylic acid groups (broad SMARTS) is 1. The second-order valence-electron chi connectivity index (χ2n) is 3.81. The van der Waals surface area contributed by atoms with Crippen molar-refractivity contribution in [3.8, 4) is 28.7 Å². The van der Waals surface area contributed by atoms with Crippen LogP contribution in [0.15, 0.2) is 0 Å². The van der Waals surface area contributed by atoms with Crippen molar-refractivity contribution < 1.29 is 34.0 Å². The van der Waals surface area contributed by atoms with Gasteiger partial charge in [-0.25, -0.2) is 4.79 Å². The Bertz CT molecular complexity index is 496. The predicted octanol–water partition coefficient (Wildman–Crippen LogP) is 1.90. The zero-order chi connectivity index (χ0) is 15.3. The summed E-state index contributed by atoms with van der Waals surface area (Å²) < 4.78 is 20.6. The van der Waals surface area contributed by atoms with E-state index in [4.69, 9.17) is 18.9 Å². The Hall–Kier alpha value is -2.31. The van der Waals surface area contributed by atoms with Gasteiger partial charge in [0, 0.05) is 0 Å². The highest BCUT2D eigenvalue weighted by Crippen LogP contribution is 2.52. The van der Waals surface area contributed by atoms with Gasteiger partial charge in [0.2, 0.25) is 17.2 Å². The molecule has 7 heteroatoms. The van der Waals surface area contributed by atoms with Gasteiger partial charge in [0.25, 0.3) is 0 Å². The number of hydrogen-bond acceptors (Lipinski definition) is 6. The van der Waals surface area contributed by atoms with E-state index < -0.39 is 17.3 Å². The molecular weight excluding hydrogens is 268 g/mol. The second kappa shape index (κ2) is 6.74. The lowest BCUT2D eigenvalue weighted by Crippen LogP contribution is -2.08. The number of carbonyl (C=O) groups is 1. The van der Waals surface area contributed by atoms with Crippen molar-refractivity contribution in [2.45, 2.75) is 13.3 Å². The first kappa shape index (κ1) is 15.7. The van der Waals surface area contributed by atoms with Crippen LogP contribution >= 0.6 is 0 Å². The van der Waals surface area contributed by atoms with Crippen molar-refractivity contribution in [1.29, 1.82) is 0 Å². The highest BCUT2D eigenvalue weighted by atomic mass is 16.6. The molecule has 7 nitrogen and oxygen atoms in total. The minimum Gasteiger partial charge on any atom is -0.503 e. The Labute approximate surface area is 116 Å². The molecule has 0 aliphatic heterocycles. The zero-order valence-corrected chi connectivity index (χ0v) is 11.8. The maximum atomic E-state index is 11.3. The third kappa shape index (κ3) is 2.66. The Balaban J connectivity index is 3.65. The standard InChI is InChI=1S/C13H18O7/c1-5-6-20-10-8(14)7(13(15)16)9(17-2)11(18-3)12(10)19-4/h14H,5-6H2,1-4H3,(H,15,16). The number of hydrogen-bond donors (Lipinski definition) is 2. The topological polar surface area (TPSA) is 94.5 Å². The summed E-state index contributed by atoms with van der Waals surface area (Å²) in [5.74, 6) is -1.98. The lowest BCUT2D eigenvalue weighted by Gasteiger charge is -2.19. The number of phenols is 1. The fourth-order valence-corrected chi connectivity index (χ4v) is 1.75. The Kier molecular flexibility index (Phi) is 5.31. The molecule has 1 rings (SSSR count). The van der Waals surface area contributed by atoms with E-state index in [1.165, 1.54) is 21.3 Å². The average Bonchev–Trinajstić information content (AvgIpc) is 2.43. The molecule has 0 spiro atoms. The first-order valence-electron chi connectivity index (χ1n) is 5.94. The van der Waals surface area contributed by atoms with Gasteiger partial charge in [-0.3, -0.25) is 0 Å². The first-order chi connectivity index (χ1) is 9.53. The summed E-state index contributed by atoms with van der Waals surface area (Å²) in [4.78, 5) is 11.3. The molecule has 0 bridgehead atoms. The van der Waals surface area contributed by atoms with Gasteiger partial charge >= 0.3 is 5.97 Å². The lowest BCUT2D eigenvalue weighted by atomic mass is 10.1. The molecule has 0 saturated heterocycles. The third-order valence-corrected chi connectivity index (χ3v) is 2.57. The van der Waals surface area contributed by atoms with E-state index in [1.54, 1.807) is 0 Å². The number of rotatable bonds is 7. The predicted molar refractivity (Wildman–Crippen MR) is 70.5 cm³/mol. The first-order valence-corrected chi connectivity index (χ1v) is 5.94. The smallest absolute Gasteiger partial charge is 0.343 e. The minimum atomic E-state index is -1.36. The van der Waals surface area contributed by atoms with Crippen LogP contribution in [0.5, 0.6) is 28.7 Å². The second-order valence-corrected chi connectivity index (χ2v) is 3.81. The van der Waals surface area contributed by atoms with E-state index in [1.807, 2.05) is 6.92 Å². The molecule has 0 aliphatic rings. The van der Waals surface area contributed by atoms with Crippen LogP contribution in [-0.2, 0) is 0 Å². The van der Waals surface area contributed by atoms with Crippen molar-refractivity contribution in [1.82, 2.24) is 0 Å². The maximum absolute atomic E-state index is 11.3. The van der Waals surface area contributed by atoms with Crippen molar-refractivity contribution in [3.05, 3.63) is 5.56 Å². The number of ether oxygens (including phenoxy) is 4. The van der Waals surface area contributed by atoms with Gasteiger partial charge in [0.05, 0.1) is 27.9 Å². The van der Waals surface area contributed by atoms with E-state index >= 15 is 0 Å². The van der Waals surface area contributed by atoms with Gasteiger partial charge < -0.3 is 29.2 Å². The molecule has 0 aliphatic carbocycles. The molecular formula is C13H18O7. The van der Waals surface area contributed by atoms with Crippen LogP contribution in [0.1, 0.15) is 23.7 Å². The summed E-state index contributed by atoms with van der Waals surface area (Å²) >= 11 is 0. The number of methoxy groups -OCH3 is 3. The van der Waals surface area contributed by atoms with Gasteiger partial charge in [-0.1, -0.05) is 6.92 Å². The summed E-state index contributed by atoms with van der Waals surface area (Å²) in [6, 6.07) is 0. The molecule has 2 N–H and O–H groups in total. The molecule has 0 amide bonds. The van der Waals surface area contributed by atoms with Crippen LogP contribution in [0.4, 0.5) is 0 Å². The van der Waals surface area contributed by atoms with Gasteiger partial charge in [-0.15, -0.1) is 0 Å². The summed E-state index contributed by atoms with van der Waals surface area (Å²) in [5.41, 5.74) is -0.434. The highest BCUT2D eigenvalue weighted by Gasteiger charge is 2.31. The molecule has 0 aromatic heterocycles. The van der Waals surface area contributed by atoms with Crippen molar-refractivity contribution in [2.75, 3.05) is 27.9 Å². The van der Waals surface area contributed by atoms with Crippen LogP contribution in [0.25, 0.3) is 0 Å². The van der Waals surface area contributed by atoms with Gasteiger partial charge in [-0.2, -0.15) is 0 Å². The van der Waals surface area contributed by atoms with Crippen LogP contribution < -0.4 is 18.9 Å². The summed E-state index contributed by atoms with van der Waals surface area (Å²) in [7, 11) is 3.97. The quantitative estimate of drug-likeness (QED) is 0.790. The van der Waals surface area contributed by atoms with Crippen molar-refractivity contribution in [3.63, 3.8) is 0 Å². The third-order valence-electron chi connectivity index (χ3n) is 2.57. The van der Waals surface area contributed by atoms with Gasteiger partial charge in [0.15, 0.2) is 17.1 Å². The van der Waals surface area contributed by atoms with Crippen LogP contribution in [0, 0.1) is 0 Å². The molecule has 20 heavy (non-hydrogen) atoms. The SMILES string of the molecule is CCCOc1c(O)c(C(=O)O)c(OC)c(OC)c1OC. The minimum absolute atomic E-state index is 0.0521. The molecule has 112 valence electrons. The van der Waals surface area contributed by atoms with Gasteiger partial charge in [0.1, 0.15) is 0 Å². The van der Waals surface area contributed by atoms with E-state index in [0.717, 1.165) is 0 Å².